The minimum absolute atomic E-state index is 0.103. The quantitative estimate of drug-likeness (QED) is 0.376. The van der Waals surface area contributed by atoms with Gasteiger partial charge in [0.1, 0.15) is 18.4 Å². The van der Waals surface area contributed by atoms with Crippen molar-refractivity contribution in [3.05, 3.63) is 35.9 Å². The average molecular weight is 461 g/mol. The third-order valence-corrected chi connectivity index (χ3v) is 4.98. The van der Waals surface area contributed by atoms with Gasteiger partial charge in [0.15, 0.2) is 0 Å². The molecule has 1 aromatic rings. The van der Waals surface area contributed by atoms with Gasteiger partial charge in [-0.15, -0.1) is 0 Å². The molecule has 0 aliphatic heterocycles. The molecule has 0 unspecified atom stereocenters. The average Bonchev–Trinajstić information content (AvgIpc) is 2.75. The van der Waals surface area contributed by atoms with Crippen LogP contribution in [0.15, 0.2) is 30.3 Å². The highest BCUT2D eigenvalue weighted by Crippen LogP contribution is 2.09. The van der Waals surface area contributed by atoms with Crippen LogP contribution in [-0.4, -0.2) is 67.0 Å². The van der Waals surface area contributed by atoms with E-state index in [0.29, 0.717) is 12.7 Å². The number of carbonyl (C=O) groups is 5. The van der Waals surface area contributed by atoms with E-state index in [9.17, 15) is 24.0 Å². The fourth-order valence-electron chi connectivity index (χ4n) is 3.24. The summed E-state index contributed by atoms with van der Waals surface area (Å²) in [5, 5.41) is 7.99. The lowest BCUT2D eigenvalue weighted by molar-refractivity contribution is -0.133. The second-order valence-electron chi connectivity index (χ2n) is 8.71. The molecule has 9 nitrogen and oxygen atoms in total. The van der Waals surface area contributed by atoms with Crippen molar-refractivity contribution < 1.29 is 24.0 Å². The molecule has 3 atom stereocenters. The molecule has 0 saturated carbocycles. The van der Waals surface area contributed by atoms with Crippen molar-refractivity contribution in [1.82, 2.24) is 20.9 Å². The maximum atomic E-state index is 13.0. The van der Waals surface area contributed by atoms with Crippen LogP contribution in [-0.2, 0) is 30.4 Å². The van der Waals surface area contributed by atoms with Gasteiger partial charge >= 0.3 is 0 Å². The Balaban J connectivity index is 2.98. The Hall–Kier alpha value is -3.23. The van der Waals surface area contributed by atoms with Crippen LogP contribution >= 0.6 is 0 Å². The Morgan fingerprint density at radius 3 is 2.06 bits per heavy atom. The van der Waals surface area contributed by atoms with Crippen molar-refractivity contribution in [2.45, 2.75) is 64.6 Å². The van der Waals surface area contributed by atoms with Crippen LogP contribution in [0.3, 0.4) is 0 Å². The van der Waals surface area contributed by atoms with Gasteiger partial charge in [-0.25, -0.2) is 0 Å². The standard InChI is InChI=1S/C24H36N4O5/c1-16(2)13-20(25-17(3)30)24(33)27-21(14-18-9-7-6-8-10-18)23(32)26-19(15-29)11-12-22(31)28(4)5/h6-10,15-16,19-21H,11-14H2,1-5H3,(H,25,30)(H,26,32)(H,27,33)/t19-,20-,21-/m0/s1. The number of benzene rings is 1. The lowest BCUT2D eigenvalue weighted by Gasteiger charge is -2.25. The van der Waals surface area contributed by atoms with E-state index in [1.54, 1.807) is 14.1 Å². The van der Waals surface area contributed by atoms with Crippen molar-refractivity contribution in [1.29, 1.82) is 0 Å². The molecule has 9 heteroatoms. The molecular weight excluding hydrogens is 424 g/mol. The molecule has 0 saturated heterocycles. The molecule has 0 aliphatic rings. The number of nitrogens with one attached hydrogen (secondary N) is 3. The predicted molar refractivity (Wildman–Crippen MR) is 125 cm³/mol. The maximum Gasteiger partial charge on any atom is 0.243 e. The van der Waals surface area contributed by atoms with E-state index in [1.165, 1.54) is 11.8 Å². The van der Waals surface area contributed by atoms with Crippen LogP contribution < -0.4 is 16.0 Å². The van der Waals surface area contributed by atoms with Crippen molar-refractivity contribution >= 4 is 29.9 Å². The van der Waals surface area contributed by atoms with Crippen LogP contribution in [0.4, 0.5) is 0 Å². The first-order valence-corrected chi connectivity index (χ1v) is 11.1. The van der Waals surface area contributed by atoms with Gasteiger partial charge in [-0.2, -0.15) is 0 Å². The number of carbonyl (C=O) groups excluding carboxylic acids is 5. The van der Waals surface area contributed by atoms with E-state index in [2.05, 4.69) is 16.0 Å². The predicted octanol–water partition coefficient (Wildman–Crippen LogP) is 0.817. The zero-order chi connectivity index (χ0) is 25.0. The molecular formula is C24H36N4O5. The minimum Gasteiger partial charge on any atom is -0.349 e. The van der Waals surface area contributed by atoms with Gasteiger partial charge < -0.3 is 25.6 Å². The van der Waals surface area contributed by atoms with Gasteiger partial charge in [-0.05, 0) is 24.3 Å². The first-order chi connectivity index (χ1) is 15.5. The van der Waals surface area contributed by atoms with E-state index in [0.717, 1.165) is 5.56 Å². The third-order valence-electron chi connectivity index (χ3n) is 4.98. The van der Waals surface area contributed by atoms with Crippen LogP contribution in [0.2, 0.25) is 0 Å². The monoisotopic (exact) mass is 460 g/mol. The number of aldehydes is 1. The molecule has 0 heterocycles. The van der Waals surface area contributed by atoms with Crippen molar-refractivity contribution in [2.75, 3.05) is 14.1 Å². The SMILES string of the molecule is CC(=O)N[C@@H](CC(C)C)C(=O)N[C@@H](Cc1ccccc1)C(=O)N[C@H](C=O)CCC(=O)N(C)C. The Morgan fingerprint density at radius 1 is 0.939 bits per heavy atom. The van der Waals surface area contributed by atoms with E-state index >= 15 is 0 Å². The molecule has 3 N–H and O–H groups in total. The molecule has 0 aromatic heterocycles. The molecule has 0 spiro atoms. The molecule has 0 bridgehead atoms. The highest BCUT2D eigenvalue weighted by Gasteiger charge is 2.28. The fourth-order valence-corrected chi connectivity index (χ4v) is 3.24. The zero-order valence-corrected chi connectivity index (χ0v) is 20.1. The summed E-state index contributed by atoms with van der Waals surface area (Å²) < 4.78 is 0. The molecule has 4 amide bonds. The molecule has 33 heavy (non-hydrogen) atoms. The Labute approximate surface area is 195 Å². The van der Waals surface area contributed by atoms with E-state index < -0.39 is 29.9 Å². The van der Waals surface area contributed by atoms with Crippen molar-refractivity contribution in [3.8, 4) is 0 Å². The summed E-state index contributed by atoms with van der Waals surface area (Å²) in [6, 6.07) is 6.55. The van der Waals surface area contributed by atoms with Crippen LogP contribution in [0, 0.1) is 5.92 Å². The number of nitrogens with zero attached hydrogens (tertiary/aromatic N) is 1. The molecule has 1 rings (SSSR count). The fraction of sp³-hybridized carbons (Fsp3) is 0.542. The van der Waals surface area contributed by atoms with Gasteiger partial charge in [-0.1, -0.05) is 44.2 Å². The third kappa shape index (κ3) is 10.8. The van der Waals surface area contributed by atoms with Crippen LogP contribution in [0.25, 0.3) is 0 Å². The van der Waals surface area contributed by atoms with E-state index in [1.807, 2.05) is 44.2 Å². The number of amides is 4. The Bertz CT molecular complexity index is 810. The van der Waals surface area contributed by atoms with Gasteiger partial charge in [-0.3, -0.25) is 19.2 Å². The summed E-state index contributed by atoms with van der Waals surface area (Å²) in [5.74, 6) is -1.36. The number of rotatable bonds is 13. The number of hydrogen-bond acceptors (Lipinski definition) is 5. The van der Waals surface area contributed by atoms with Gasteiger partial charge in [0.25, 0.3) is 0 Å². The highest BCUT2D eigenvalue weighted by molar-refractivity contribution is 5.92. The summed E-state index contributed by atoms with van der Waals surface area (Å²) in [6.45, 7) is 5.19. The van der Waals surface area contributed by atoms with Gasteiger partial charge in [0, 0.05) is 33.9 Å². The molecule has 0 radical (unpaired) electrons. The summed E-state index contributed by atoms with van der Waals surface area (Å²) in [5.41, 5.74) is 0.823. The first kappa shape index (κ1) is 27.8. The van der Waals surface area contributed by atoms with Gasteiger partial charge in [0.2, 0.25) is 23.6 Å². The van der Waals surface area contributed by atoms with E-state index in [-0.39, 0.29) is 37.0 Å². The van der Waals surface area contributed by atoms with Crippen molar-refractivity contribution in [3.63, 3.8) is 0 Å². The minimum atomic E-state index is -0.963. The topological polar surface area (TPSA) is 125 Å². The molecule has 182 valence electrons. The highest BCUT2D eigenvalue weighted by atomic mass is 16.2. The number of hydrogen-bond donors (Lipinski definition) is 3. The summed E-state index contributed by atoms with van der Waals surface area (Å²) in [6.07, 6.45) is 1.45. The summed E-state index contributed by atoms with van der Waals surface area (Å²) in [4.78, 5) is 62.3. The maximum absolute atomic E-state index is 13.0. The Morgan fingerprint density at radius 2 is 1.55 bits per heavy atom. The second-order valence-corrected chi connectivity index (χ2v) is 8.71. The Kier molecular flexibility index (Phi) is 11.8. The normalized spacial score (nSPS) is 13.4. The van der Waals surface area contributed by atoms with Crippen molar-refractivity contribution in [2.24, 2.45) is 5.92 Å². The van der Waals surface area contributed by atoms with Gasteiger partial charge in [0.05, 0.1) is 6.04 Å². The largest absolute Gasteiger partial charge is 0.349 e. The second kappa shape index (κ2) is 14.0. The zero-order valence-electron chi connectivity index (χ0n) is 20.1. The lowest BCUT2D eigenvalue weighted by atomic mass is 10.0. The lowest BCUT2D eigenvalue weighted by Crippen LogP contribution is -2.55. The van der Waals surface area contributed by atoms with E-state index in [4.69, 9.17) is 0 Å². The molecule has 1 aromatic carbocycles. The smallest absolute Gasteiger partial charge is 0.243 e. The van der Waals surface area contributed by atoms with Crippen LogP contribution in [0.1, 0.15) is 45.6 Å². The molecule has 0 fully saturated rings. The summed E-state index contributed by atoms with van der Waals surface area (Å²) in [7, 11) is 3.23. The molecule has 0 aliphatic carbocycles. The first-order valence-electron chi connectivity index (χ1n) is 11.1. The van der Waals surface area contributed by atoms with Crippen LogP contribution in [0.5, 0.6) is 0 Å². The summed E-state index contributed by atoms with van der Waals surface area (Å²) >= 11 is 0.